The Kier molecular flexibility index (Phi) is 4.11. The zero-order valence-electron chi connectivity index (χ0n) is 13.5. The summed E-state index contributed by atoms with van der Waals surface area (Å²) >= 11 is 6.20. The van der Waals surface area contributed by atoms with Gasteiger partial charge in [-0.3, -0.25) is 4.79 Å². The predicted molar refractivity (Wildman–Crippen MR) is 91.7 cm³/mol. The van der Waals surface area contributed by atoms with Crippen molar-refractivity contribution in [3.63, 3.8) is 0 Å². The molecular weight excluding hydrogens is 310 g/mol. The Labute approximate surface area is 141 Å². The van der Waals surface area contributed by atoms with Crippen molar-refractivity contribution >= 4 is 23.2 Å². The fourth-order valence-electron chi connectivity index (χ4n) is 2.62. The van der Waals surface area contributed by atoms with Crippen molar-refractivity contribution in [2.45, 2.75) is 38.5 Å². The third kappa shape index (κ3) is 3.53. The normalized spacial score (nSPS) is 20.2. The minimum absolute atomic E-state index is 0.00188. The smallest absolute Gasteiger partial charge is 0.228 e. The molecule has 1 heterocycles. The summed E-state index contributed by atoms with van der Waals surface area (Å²) < 4.78 is 0. The van der Waals surface area contributed by atoms with Gasteiger partial charge in [0.2, 0.25) is 5.91 Å². The molecule has 0 unspecified atom stereocenters. The van der Waals surface area contributed by atoms with E-state index in [-0.39, 0.29) is 23.2 Å². The Bertz CT molecular complexity index is 722. The van der Waals surface area contributed by atoms with Gasteiger partial charge in [0.05, 0.1) is 18.1 Å². The molecule has 2 atom stereocenters. The summed E-state index contributed by atoms with van der Waals surface area (Å²) in [6.45, 7) is 6.16. The molecule has 1 aliphatic carbocycles. The number of hydrogen-bond acceptors (Lipinski definition) is 3. The highest BCUT2D eigenvalue weighted by Crippen LogP contribution is 2.49. The lowest BCUT2D eigenvalue weighted by Gasteiger charge is -2.16. The minimum atomic E-state index is -0.103. The Morgan fingerprint density at radius 3 is 2.48 bits per heavy atom. The van der Waals surface area contributed by atoms with Gasteiger partial charge in [-0.15, -0.1) is 0 Å². The molecule has 0 saturated heterocycles. The van der Waals surface area contributed by atoms with Crippen LogP contribution in [0.4, 0.5) is 5.69 Å². The van der Waals surface area contributed by atoms with Crippen LogP contribution >= 0.6 is 11.6 Å². The molecule has 0 bridgehead atoms. The molecule has 1 N–H and O–H groups in total. The van der Waals surface area contributed by atoms with Crippen LogP contribution in [0, 0.1) is 5.92 Å². The molecule has 0 aliphatic heterocycles. The van der Waals surface area contributed by atoms with Gasteiger partial charge < -0.3 is 5.32 Å². The second-order valence-corrected chi connectivity index (χ2v) is 7.41. The number of benzene rings is 1. The Balaban J connectivity index is 1.64. The van der Waals surface area contributed by atoms with Gasteiger partial charge in [-0.05, 0) is 24.0 Å². The van der Waals surface area contributed by atoms with E-state index in [9.17, 15) is 4.79 Å². The number of amides is 1. The monoisotopic (exact) mass is 329 g/mol. The van der Waals surface area contributed by atoms with Crippen molar-refractivity contribution in [3.8, 4) is 0 Å². The fraction of sp³-hybridized carbons (Fsp3) is 0.389. The summed E-state index contributed by atoms with van der Waals surface area (Å²) in [7, 11) is 0. The van der Waals surface area contributed by atoms with Crippen molar-refractivity contribution in [2.24, 2.45) is 5.92 Å². The quantitative estimate of drug-likeness (QED) is 0.919. The van der Waals surface area contributed by atoms with Gasteiger partial charge >= 0.3 is 0 Å². The number of nitrogens with one attached hydrogen (secondary N) is 1. The highest BCUT2D eigenvalue weighted by atomic mass is 35.5. The van der Waals surface area contributed by atoms with Gasteiger partial charge in [0, 0.05) is 16.4 Å². The summed E-state index contributed by atoms with van der Waals surface area (Å²) in [4.78, 5) is 21.0. The van der Waals surface area contributed by atoms with E-state index in [1.54, 1.807) is 12.4 Å². The highest BCUT2D eigenvalue weighted by molar-refractivity contribution is 6.31. The third-order valence-corrected chi connectivity index (χ3v) is 4.37. The van der Waals surface area contributed by atoms with E-state index in [4.69, 9.17) is 11.6 Å². The Hall–Kier alpha value is -1.94. The molecule has 23 heavy (non-hydrogen) atoms. The topological polar surface area (TPSA) is 54.9 Å². The van der Waals surface area contributed by atoms with Crippen LogP contribution in [-0.2, 0) is 10.2 Å². The lowest BCUT2D eigenvalue weighted by molar-refractivity contribution is -0.117. The first-order chi connectivity index (χ1) is 10.9. The zero-order chi connectivity index (χ0) is 16.6. The van der Waals surface area contributed by atoms with Crippen LogP contribution in [0.5, 0.6) is 0 Å². The molecule has 1 aromatic heterocycles. The van der Waals surface area contributed by atoms with Crippen LogP contribution < -0.4 is 5.32 Å². The number of hydrogen-bond donors (Lipinski definition) is 1. The molecule has 5 heteroatoms. The summed E-state index contributed by atoms with van der Waals surface area (Å²) in [6, 6.07) is 7.70. The second-order valence-electron chi connectivity index (χ2n) is 7.00. The van der Waals surface area contributed by atoms with Crippen molar-refractivity contribution < 1.29 is 4.79 Å². The maximum absolute atomic E-state index is 12.3. The second kappa shape index (κ2) is 5.93. The van der Waals surface area contributed by atoms with Crippen molar-refractivity contribution in [1.82, 2.24) is 9.97 Å². The van der Waals surface area contributed by atoms with Crippen molar-refractivity contribution in [3.05, 3.63) is 53.1 Å². The molecular formula is C18H20ClN3O. The molecule has 4 nitrogen and oxygen atoms in total. The number of aromatic nitrogens is 2. The van der Waals surface area contributed by atoms with Crippen LogP contribution in [0.2, 0.25) is 5.02 Å². The van der Waals surface area contributed by atoms with E-state index in [1.165, 1.54) is 0 Å². The molecule has 1 amide bonds. The highest BCUT2D eigenvalue weighted by Gasteiger charge is 2.44. The third-order valence-electron chi connectivity index (χ3n) is 4.02. The number of carbonyl (C=O) groups is 1. The van der Waals surface area contributed by atoms with Gasteiger partial charge in [-0.1, -0.05) is 50.6 Å². The van der Waals surface area contributed by atoms with Crippen LogP contribution in [0.1, 0.15) is 44.5 Å². The number of rotatable bonds is 3. The Morgan fingerprint density at radius 1 is 1.22 bits per heavy atom. The summed E-state index contributed by atoms with van der Waals surface area (Å²) in [5.74, 6) is 0.938. The SMILES string of the molecule is CC(C)(C)c1ncc(NC(=O)[C@@H]2C[C@@H]2c2ccccc2Cl)cn1. The summed E-state index contributed by atoms with van der Waals surface area (Å²) in [6.07, 6.45) is 4.16. The number of halogens is 1. The van der Waals surface area contributed by atoms with Gasteiger partial charge in [-0.2, -0.15) is 0 Å². The fourth-order valence-corrected chi connectivity index (χ4v) is 2.90. The van der Waals surface area contributed by atoms with Gasteiger partial charge in [0.15, 0.2) is 0 Å². The first-order valence-corrected chi connectivity index (χ1v) is 8.12. The number of anilines is 1. The lowest BCUT2D eigenvalue weighted by Crippen LogP contribution is -2.18. The largest absolute Gasteiger partial charge is 0.323 e. The lowest BCUT2D eigenvalue weighted by atomic mass is 9.96. The standard InChI is InChI=1S/C18H20ClN3O/c1-18(2,3)17-20-9-11(10-21-17)22-16(23)14-8-13(14)12-6-4-5-7-15(12)19/h4-7,9-10,13-14H,8H2,1-3H3,(H,22,23)/t13-,14-/m1/s1. The summed E-state index contributed by atoms with van der Waals surface area (Å²) in [5, 5.41) is 3.62. The van der Waals surface area contributed by atoms with E-state index in [0.29, 0.717) is 5.69 Å². The van der Waals surface area contributed by atoms with Crippen LogP contribution in [-0.4, -0.2) is 15.9 Å². The average Bonchev–Trinajstić information content (AvgIpc) is 3.28. The molecule has 0 radical (unpaired) electrons. The number of nitrogens with zero attached hydrogens (tertiary/aromatic N) is 2. The van der Waals surface area contributed by atoms with E-state index >= 15 is 0 Å². The predicted octanol–water partition coefficient (Wildman–Crippen LogP) is 4.17. The average molecular weight is 330 g/mol. The van der Waals surface area contributed by atoms with Crippen LogP contribution in [0.3, 0.4) is 0 Å². The van der Waals surface area contributed by atoms with E-state index in [0.717, 1.165) is 22.8 Å². The minimum Gasteiger partial charge on any atom is -0.323 e. The van der Waals surface area contributed by atoms with E-state index < -0.39 is 0 Å². The number of carbonyl (C=O) groups excluding carboxylic acids is 1. The molecule has 3 rings (SSSR count). The maximum Gasteiger partial charge on any atom is 0.228 e. The van der Waals surface area contributed by atoms with E-state index in [1.807, 2.05) is 24.3 Å². The Morgan fingerprint density at radius 2 is 1.87 bits per heavy atom. The van der Waals surface area contributed by atoms with E-state index in [2.05, 4.69) is 36.1 Å². The van der Waals surface area contributed by atoms with Crippen molar-refractivity contribution in [2.75, 3.05) is 5.32 Å². The van der Waals surface area contributed by atoms with Gasteiger partial charge in [-0.25, -0.2) is 9.97 Å². The molecule has 1 aliphatic rings. The molecule has 120 valence electrons. The summed E-state index contributed by atoms with van der Waals surface area (Å²) in [5.41, 5.74) is 1.58. The van der Waals surface area contributed by atoms with Gasteiger partial charge in [0.25, 0.3) is 0 Å². The van der Waals surface area contributed by atoms with Crippen molar-refractivity contribution in [1.29, 1.82) is 0 Å². The zero-order valence-corrected chi connectivity index (χ0v) is 14.3. The molecule has 1 saturated carbocycles. The van der Waals surface area contributed by atoms with Crippen LogP contribution in [0.25, 0.3) is 0 Å². The molecule has 0 spiro atoms. The van der Waals surface area contributed by atoms with Crippen LogP contribution in [0.15, 0.2) is 36.7 Å². The first-order valence-electron chi connectivity index (χ1n) is 7.74. The molecule has 1 fully saturated rings. The first kappa shape index (κ1) is 15.9. The molecule has 1 aromatic carbocycles. The molecule has 2 aromatic rings. The maximum atomic E-state index is 12.3. The van der Waals surface area contributed by atoms with Gasteiger partial charge in [0.1, 0.15) is 5.82 Å².